The molecule has 1 aromatic carbocycles. The van der Waals surface area contributed by atoms with Crippen LogP contribution in [0.1, 0.15) is 10.5 Å². The largest absolute Gasteiger partial charge is 0.497 e. The Morgan fingerprint density at radius 2 is 2.05 bits per heavy atom. The van der Waals surface area contributed by atoms with Gasteiger partial charge in [-0.05, 0) is 40.2 Å². The first-order valence-electron chi connectivity index (χ1n) is 6.01. The van der Waals surface area contributed by atoms with Gasteiger partial charge in [-0.25, -0.2) is 4.98 Å². The number of carbonyl (C=O) groups is 1. The van der Waals surface area contributed by atoms with Gasteiger partial charge < -0.3 is 4.74 Å². The highest BCUT2D eigenvalue weighted by Crippen LogP contribution is 2.28. The van der Waals surface area contributed by atoms with Gasteiger partial charge in [0.2, 0.25) is 0 Å². The highest BCUT2D eigenvalue weighted by Gasteiger charge is 2.14. The molecular weight excluding hydrogens is 320 g/mol. The molecule has 5 heteroatoms. The number of fused-ring (bicyclic) bond motifs is 1. The number of rotatable bonds is 3. The van der Waals surface area contributed by atoms with Gasteiger partial charge in [-0.2, -0.15) is 0 Å². The summed E-state index contributed by atoms with van der Waals surface area (Å²) in [5, 5.41) is 0. The highest BCUT2D eigenvalue weighted by atomic mass is 79.9. The highest BCUT2D eigenvalue weighted by molar-refractivity contribution is 9.10. The summed E-state index contributed by atoms with van der Waals surface area (Å²) < 4.78 is 7.98. The van der Waals surface area contributed by atoms with Crippen molar-refractivity contribution in [2.75, 3.05) is 7.11 Å². The number of benzene rings is 1. The van der Waals surface area contributed by atoms with Crippen molar-refractivity contribution < 1.29 is 9.53 Å². The van der Waals surface area contributed by atoms with E-state index in [1.54, 1.807) is 7.11 Å². The molecule has 0 spiro atoms. The lowest BCUT2D eigenvalue weighted by Gasteiger charge is -2.05. The normalized spacial score (nSPS) is 10.7. The third-order valence-corrected chi connectivity index (χ3v) is 3.70. The van der Waals surface area contributed by atoms with Crippen LogP contribution < -0.4 is 4.74 Å². The lowest BCUT2D eigenvalue weighted by atomic mass is 10.2. The summed E-state index contributed by atoms with van der Waals surface area (Å²) in [7, 11) is 1.62. The number of halogens is 1. The number of imidazole rings is 1. The first-order chi connectivity index (χ1) is 9.74. The number of hydrogen-bond donors (Lipinski definition) is 0. The summed E-state index contributed by atoms with van der Waals surface area (Å²) >= 11 is 3.50. The van der Waals surface area contributed by atoms with E-state index in [0.29, 0.717) is 11.5 Å². The van der Waals surface area contributed by atoms with Gasteiger partial charge in [0.05, 0.1) is 17.2 Å². The second-order valence-corrected chi connectivity index (χ2v) is 5.05. The summed E-state index contributed by atoms with van der Waals surface area (Å²) in [5.74, 6) is 1.45. The minimum absolute atomic E-state index is 0.420. The Bertz CT molecular complexity index is 796. The van der Waals surface area contributed by atoms with E-state index in [1.165, 1.54) is 0 Å². The Morgan fingerprint density at radius 1 is 1.25 bits per heavy atom. The van der Waals surface area contributed by atoms with Crippen LogP contribution in [0.2, 0.25) is 0 Å². The van der Waals surface area contributed by atoms with Crippen molar-refractivity contribution in [2.24, 2.45) is 0 Å². The van der Waals surface area contributed by atoms with Gasteiger partial charge in [0.25, 0.3) is 0 Å². The molecule has 2 heterocycles. The molecule has 0 aliphatic rings. The molecule has 2 aromatic heterocycles. The van der Waals surface area contributed by atoms with Gasteiger partial charge in [-0.15, -0.1) is 0 Å². The quantitative estimate of drug-likeness (QED) is 0.544. The van der Waals surface area contributed by atoms with Gasteiger partial charge >= 0.3 is 0 Å². The van der Waals surface area contributed by atoms with Crippen LogP contribution in [0.5, 0.6) is 5.75 Å². The number of nitrogens with zero attached hydrogens (tertiary/aromatic N) is 2. The Morgan fingerprint density at radius 3 is 2.80 bits per heavy atom. The number of hydrogen-bond acceptors (Lipinski definition) is 3. The molecule has 3 aromatic rings. The lowest BCUT2D eigenvalue weighted by Crippen LogP contribution is -1.92. The molecule has 0 saturated carbocycles. The third-order valence-electron chi connectivity index (χ3n) is 3.08. The number of aromatic nitrogens is 2. The van der Waals surface area contributed by atoms with Crippen molar-refractivity contribution in [3.63, 3.8) is 0 Å². The number of ether oxygens (including phenoxy) is 1. The molecule has 0 radical (unpaired) electrons. The van der Waals surface area contributed by atoms with E-state index in [0.717, 1.165) is 27.7 Å². The summed E-state index contributed by atoms with van der Waals surface area (Å²) in [6, 6.07) is 13.2. The average Bonchev–Trinajstić information content (AvgIpc) is 2.87. The maximum Gasteiger partial charge on any atom is 0.170 e. The number of pyridine rings is 1. The lowest BCUT2D eigenvalue weighted by molar-refractivity contribution is 0.112. The van der Waals surface area contributed by atoms with Crippen LogP contribution in [0.4, 0.5) is 0 Å². The zero-order valence-electron chi connectivity index (χ0n) is 10.7. The van der Waals surface area contributed by atoms with Crippen molar-refractivity contribution in [3.8, 4) is 17.1 Å². The second-order valence-electron chi connectivity index (χ2n) is 4.24. The smallest absolute Gasteiger partial charge is 0.170 e. The number of methoxy groups -OCH3 is 1. The Kier molecular flexibility index (Phi) is 3.28. The Hall–Kier alpha value is -2.14. The molecule has 0 N–H and O–H groups in total. The van der Waals surface area contributed by atoms with Gasteiger partial charge in [0, 0.05) is 5.56 Å². The van der Waals surface area contributed by atoms with Crippen LogP contribution in [-0.2, 0) is 0 Å². The fourth-order valence-corrected chi connectivity index (χ4v) is 2.67. The van der Waals surface area contributed by atoms with E-state index in [1.807, 2.05) is 46.9 Å². The molecule has 0 saturated heterocycles. The SMILES string of the molecule is COc1cccc(-c2nc(C=O)c3cccc(Br)n23)c1. The van der Waals surface area contributed by atoms with E-state index >= 15 is 0 Å². The average molecular weight is 331 g/mol. The van der Waals surface area contributed by atoms with Gasteiger partial charge in [-0.1, -0.05) is 18.2 Å². The van der Waals surface area contributed by atoms with Crippen molar-refractivity contribution in [1.29, 1.82) is 0 Å². The fraction of sp³-hybridized carbons (Fsp3) is 0.0667. The summed E-state index contributed by atoms with van der Waals surface area (Å²) in [5.41, 5.74) is 2.08. The number of carbonyl (C=O) groups excluding carboxylic acids is 1. The van der Waals surface area contributed by atoms with Crippen molar-refractivity contribution in [3.05, 3.63) is 52.8 Å². The van der Waals surface area contributed by atoms with Crippen LogP contribution >= 0.6 is 15.9 Å². The zero-order valence-corrected chi connectivity index (χ0v) is 12.3. The molecule has 0 unspecified atom stereocenters. The first-order valence-corrected chi connectivity index (χ1v) is 6.80. The first kappa shape index (κ1) is 12.9. The molecule has 0 atom stereocenters. The molecule has 0 amide bonds. The van der Waals surface area contributed by atoms with Crippen LogP contribution in [0.15, 0.2) is 47.1 Å². The minimum atomic E-state index is 0.420. The summed E-state index contributed by atoms with van der Waals surface area (Å²) in [6.45, 7) is 0. The predicted molar refractivity (Wildman–Crippen MR) is 80.3 cm³/mol. The van der Waals surface area contributed by atoms with E-state index in [9.17, 15) is 4.79 Å². The second kappa shape index (κ2) is 5.09. The molecule has 20 heavy (non-hydrogen) atoms. The van der Waals surface area contributed by atoms with E-state index in [2.05, 4.69) is 20.9 Å². The number of aldehydes is 1. The third kappa shape index (κ3) is 2.00. The van der Waals surface area contributed by atoms with Gasteiger partial charge in [0.15, 0.2) is 6.29 Å². The Balaban J connectivity index is 2.33. The molecule has 0 bridgehead atoms. The van der Waals surface area contributed by atoms with Crippen molar-refractivity contribution >= 4 is 27.7 Å². The van der Waals surface area contributed by atoms with E-state index in [4.69, 9.17) is 4.74 Å². The van der Waals surface area contributed by atoms with Gasteiger partial charge in [0.1, 0.15) is 17.3 Å². The van der Waals surface area contributed by atoms with Crippen LogP contribution in [0, 0.1) is 0 Å². The fourth-order valence-electron chi connectivity index (χ4n) is 2.16. The molecule has 100 valence electrons. The van der Waals surface area contributed by atoms with E-state index < -0.39 is 0 Å². The molecule has 0 aliphatic heterocycles. The van der Waals surface area contributed by atoms with E-state index in [-0.39, 0.29) is 0 Å². The maximum atomic E-state index is 11.2. The Labute approximate surface area is 124 Å². The molecule has 4 nitrogen and oxygen atoms in total. The van der Waals surface area contributed by atoms with Gasteiger partial charge in [-0.3, -0.25) is 9.20 Å². The van der Waals surface area contributed by atoms with Crippen LogP contribution in [0.25, 0.3) is 16.9 Å². The van der Waals surface area contributed by atoms with Crippen molar-refractivity contribution in [1.82, 2.24) is 9.38 Å². The minimum Gasteiger partial charge on any atom is -0.497 e. The molecular formula is C15H11BrN2O2. The molecule has 0 aliphatic carbocycles. The summed E-state index contributed by atoms with van der Waals surface area (Å²) in [4.78, 5) is 15.6. The van der Waals surface area contributed by atoms with Crippen molar-refractivity contribution in [2.45, 2.75) is 0 Å². The zero-order chi connectivity index (χ0) is 14.1. The molecule has 0 fully saturated rings. The van der Waals surface area contributed by atoms with Crippen LogP contribution in [0.3, 0.4) is 0 Å². The topological polar surface area (TPSA) is 43.6 Å². The van der Waals surface area contributed by atoms with Crippen LogP contribution in [-0.4, -0.2) is 22.8 Å². The predicted octanol–water partition coefficient (Wildman–Crippen LogP) is 3.58. The standard InChI is InChI=1S/C15H11BrN2O2/c1-20-11-5-2-4-10(8-11)15-17-12(9-19)13-6-3-7-14(16)18(13)15/h2-9H,1H3. The monoisotopic (exact) mass is 330 g/mol. The molecule has 3 rings (SSSR count). The maximum absolute atomic E-state index is 11.2. The summed E-state index contributed by atoms with van der Waals surface area (Å²) in [6.07, 6.45) is 0.769.